The van der Waals surface area contributed by atoms with Crippen LogP contribution in [0.4, 0.5) is 0 Å². The van der Waals surface area contributed by atoms with Crippen molar-refractivity contribution in [3.8, 4) is 5.82 Å². The molecule has 1 atom stereocenters. The number of aromatic nitrogens is 3. The van der Waals surface area contributed by atoms with E-state index in [0.29, 0.717) is 0 Å². The molecule has 0 saturated heterocycles. The number of aryl methyl sites for hydroxylation is 1. The molecule has 2 heterocycles. The first kappa shape index (κ1) is 11.4. The molecule has 4 nitrogen and oxygen atoms in total. The number of nitrogens with two attached hydrogens (primary N) is 1. The van der Waals surface area contributed by atoms with Crippen LogP contribution in [0.15, 0.2) is 24.7 Å². The lowest BCUT2D eigenvalue weighted by atomic mass is 10.0. The molecule has 0 fully saturated rings. The summed E-state index contributed by atoms with van der Waals surface area (Å²) in [6.45, 7) is 1.99. The first-order chi connectivity index (χ1) is 8.75. The van der Waals surface area contributed by atoms with Gasteiger partial charge in [0, 0.05) is 17.9 Å². The fourth-order valence-corrected chi connectivity index (χ4v) is 2.52. The zero-order chi connectivity index (χ0) is 12.5. The van der Waals surface area contributed by atoms with E-state index >= 15 is 0 Å². The maximum Gasteiger partial charge on any atom is 0.138 e. The summed E-state index contributed by atoms with van der Waals surface area (Å²) >= 11 is 0. The smallest absolute Gasteiger partial charge is 0.138 e. The number of hydrogen-bond acceptors (Lipinski definition) is 3. The van der Waals surface area contributed by atoms with Crippen molar-refractivity contribution < 1.29 is 0 Å². The molecule has 18 heavy (non-hydrogen) atoms. The number of nitrogens with zero attached hydrogens (tertiary/aromatic N) is 3. The molecule has 1 unspecified atom stereocenters. The van der Waals surface area contributed by atoms with Crippen LogP contribution in [0.25, 0.3) is 5.82 Å². The molecule has 0 aromatic carbocycles. The zero-order valence-corrected chi connectivity index (χ0v) is 10.6. The van der Waals surface area contributed by atoms with Crippen molar-refractivity contribution in [1.29, 1.82) is 0 Å². The van der Waals surface area contributed by atoms with E-state index in [-0.39, 0.29) is 6.04 Å². The quantitative estimate of drug-likeness (QED) is 0.878. The van der Waals surface area contributed by atoms with Crippen molar-refractivity contribution in [2.75, 3.05) is 0 Å². The second-order valence-corrected chi connectivity index (χ2v) is 4.95. The maximum atomic E-state index is 5.92. The molecule has 4 heteroatoms. The monoisotopic (exact) mass is 242 g/mol. The van der Waals surface area contributed by atoms with Gasteiger partial charge in [-0.25, -0.2) is 9.97 Å². The highest BCUT2D eigenvalue weighted by atomic mass is 15.1. The van der Waals surface area contributed by atoms with Crippen molar-refractivity contribution in [1.82, 2.24) is 14.5 Å². The minimum absolute atomic E-state index is 0.0334. The Morgan fingerprint density at radius 2 is 2.11 bits per heavy atom. The fraction of sp³-hybridized carbons (Fsp3) is 0.429. The second-order valence-electron chi connectivity index (χ2n) is 4.95. The van der Waals surface area contributed by atoms with Crippen LogP contribution in [-0.4, -0.2) is 14.5 Å². The summed E-state index contributed by atoms with van der Waals surface area (Å²) in [6, 6.07) is 4.06. The fourth-order valence-electron chi connectivity index (χ4n) is 2.52. The predicted octanol–water partition coefficient (Wildman–Crippen LogP) is 2.17. The first-order valence-corrected chi connectivity index (χ1v) is 6.52. The van der Waals surface area contributed by atoms with Gasteiger partial charge in [0.05, 0.1) is 5.69 Å². The summed E-state index contributed by atoms with van der Waals surface area (Å²) in [4.78, 5) is 8.94. The SMILES string of the molecule is CC(N)c1ccnc(-n2cnc3c2CCCC3)c1. The minimum atomic E-state index is 0.0334. The third kappa shape index (κ3) is 1.93. The van der Waals surface area contributed by atoms with Crippen molar-refractivity contribution in [2.45, 2.75) is 38.6 Å². The van der Waals surface area contributed by atoms with Crippen LogP contribution < -0.4 is 5.73 Å². The van der Waals surface area contributed by atoms with Crippen LogP contribution in [-0.2, 0) is 12.8 Å². The van der Waals surface area contributed by atoms with Gasteiger partial charge in [-0.1, -0.05) is 0 Å². The molecule has 0 bridgehead atoms. The van der Waals surface area contributed by atoms with Gasteiger partial charge in [-0.05, 0) is 50.3 Å². The highest BCUT2D eigenvalue weighted by Crippen LogP contribution is 2.23. The maximum absolute atomic E-state index is 5.92. The number of pyridine rings is 1. The lowest BCUT2D eigenvalue weighted by Gasteiger charge is -2.14. The zero-order valence-electron chi connectivity index (χ0n) is 10.6. The number of rotatable bonds is 2. The highest BCUT2D eigenvalue weighted by molar-refractivity contribution is 5.33. The van der Waals surface area contributed by atoms with Crippen LogP contribution in [0.2, 0.25) is 0 Å². The summed E-state index contributed by atoms with van der Waals surface area (Å²) in [5.74, 6) is 0.931. The third-order valence-corrected chi connectivity index (χ3v) is 3.57. The van der Waals surface area contributed by atoms with Crippen molar-refractivity contribution in [3.63, 3.8) is 0 Å². The number of hydrogen-bond donors (Lipinski definition) is 1. The molecule has 2 aromatic rings. The van der Waals surface area contributed by atoms with Gasteiger partial charge in [0.2, 0.25) is 0 Å². The van der Waals surface area contributed by atoms with Gasteiger partial charge in [0.1, 0.15) is 12.1 Å². The van der Waals surface area contributed by atoms with Gasteiger partial charge < -0.3 is 5.73 Å². The van der Waals surface area contributed by atoms with Gasteiger partial charge in [-0.3, -0.25) is 4.57 Å². The summed E-state index contributed by atoms with van der Waals surface area (Å²) in [5, 5.41) is 0. The number of fused-ring (bicyclic) bond motifs is 1. The third-order valence-electron chi connectivity index (χ3n) is 3.57. The van der Waals surface area contributed by atoms with Gasteiger partial charge >= 0.3 is 0 Å². The molecule has 0 amide bonds. The lowest BCUT2D eigenvalue weighted by Crippen LogP contribution is -2.10. The molecule has 0 radical (unpaired) electrons. The normalized spacial score (nSPS) is 16.3. The molecule has 94 valence electrons. The van der Waals surface area contributed by atoms with Crippen LogP contribution in [0.5, 0.6) is 0 Å². The van der Waals surface area contributed by atoms with Crippen LogP contribution >= 0.6 is 0 Å². The van der Waals surface area contributed by atoms with Crippen LogP contribution in [0, 0.1) is 0 Å². The molecule has 2 aromatic heterocycles. The van der Waals surface area contributed by atoms with Crippen molar-refractivity contribution >= 4 is 0 Å². The van der Waals surface area contributed by atoms with Gasteiger partial charge in [0.25, 0.3) is 0 Å². The summed E-state index contributed by atoms with van der Waals surface area (Å²) in [6.07, 6.45) is 8.39. The van der Waals surface area contributed by atoms with Crippen LogP contribution in [0.1, 0.15) is 42.8 Å². The first-order valence-electron chi connectivity index (χ1n) is 6.52. The van der Waals surface area contributed by atoms with E-state index in [1.165, 1.54) is 24.2 Å². The van der Waals surface area contributed by atoms with E-state index in [1.54, 1.807) is 0 Å². The standard InChI is InChI=1S/C14H18N4/c1-10(15)11-6-7-16-14(8-11)18-9-17-12-4-2-3-5-13(12)18/h6-10H,2-5,15H2,1H3. The Morgan fingerprint density at radius 3 is 2.94 bits per heavy atom. The molecule has 1 aliphatic rings. The number of imidazole rings is 1. The molecule has 3 rings (SSSR count). The van der Waals surface area contributed by atoms with Gasteiger partial charge in [-0.2, -0.15) is 0 Å². The van der Waals surface area contributed by atoms with E-state index < -0.39 is 0 Å². The Kier molecular flexibility index (Phi) is 2.88. The molecule has 2 N–H and O–H groups in total. The van der Waals surface area contributed by atoms with E-state index in [1.807, 2.05) is 25.5 Å². The van der Waals surface area contributed by atoms with Crippen LogP contribution in [0.3, 0.4) is 0 Å². The molecular weight excluding hydrogens is 224 g/mol. The lowest BCUT2D eigenvalue weighted by molar-refractivity contribution is 0.654. The molecular formula is C14H18N4. The molecule has 1 aliphatic carbocycles. The second kappa shape index (κ2) is 4.53. The summed E-state index contributed by atoms with van der Waals surface area (Å²) < 4.78 is 2.11. The minimum Gasteiger partial charge on any atom is -0.324 e. The summed E-state index contributed by atoms with van der Waals surface area (Å²) in [7, 11) is 0. The van der Waals surface area contributed by atoms with Gasteiger partial charge in [-0.15, -0.1) is 0 Å². The largest absolute Gasteiger partial charge is 0.324 e. The van der Waals surface area contributed by atoms with E-state index in [9.17, 15) is 0 Å². The average Bonchev–Trinajstić information content (AvgIpc) is 2.82. The Labute approximate surface area is 107 Å². The molecule has 0 spiro atoms. The highest BCUT2D eigenvalue weighted by Gasteiger charge is 2.16. The van der Waals surface area contributed by atoms with Crippen molar-refractivity contribution in [3.05, 3.63) is 41.6 Å². The molecule has 0 saturated carbocycles. The van der Waals surface area contributed by atoms with Gasteiger partial charge in [0.15, 0.2) is 0 Å². The topological polar surface area (TPSA) is 56.7 Å². The Morgan fingerprint density at radius 1 is 1.28 bits per heavy atom. The molecule has 0 aliphatic heterocycles. The predicted molar refractivity (Wildman–Crippen MR) is 70.6 cm³/mol. The summed E-state index contributed by atoms with van der Waals surface area (Å²) in [5.41, 5.74) is 9.58. The van der Waals surface area contributed by atoms with E-state index in [0.717, 1.165) is 24.2 Å². The Balaban J connectivity index is 2.04. The Bertz CT molecular complexity index is 557. The average molecular weight is 242 g/mol. The Hall–Kier alpha value is -1.68. The van der Waals surface area contributed by atoms with Crippen molar-refractivity contribution in [2.24, 2.45) is 5.73 Å². The van der Waals surface area contributed by atoms with E-state index in [2.05, 4.69) is 20.6 Å². The van der Waals surface area contributed by atoms with E-state index in [4.69, 9.17) is 5.73 Å².